The fraction of sp³-hybridized carbons (Fsp3) is 0.400. The summed E-state index contributed by atoms with van der Waals surface area (Å²) in [5.74, 6) is -0.329. The maximum absolute atomic E-state index is 9.59. The Kier molecular flexibility index (Phi) is 23.0. The molecule has 6 N–H and O–H groups in total. The standard InChI is InChI=1S/C3H6O2.CH5N3.CN/c1-3(4)5-2;2-1(3)4;1-2/h1-2H3;(H5,2,3,4);/q;;-1/p+1. The zero-order valence-electron chi connectivity index (χ0n) is 6.50. The Hall–Kier alpha value is -1.77. The van der Waals surface area contributed by atoms with Gasteiger partial charge in [-0.2, -0.15) is 0 Å². The van der Waals surface area contributed by atoms with Crippen molar-refractivity contribution in [3.8, 4) is 0 Å². The first-order chi connectivity index (χ1) is 5.00. The van der Waals surface area contributed by atoms with E-state index in [0.717, 1.165) is 0 Å². The van der Waals surface area contributed by atoms with Gasteiger partial charge in [-0.3, -0.25) is 21.7 Å². The van der Waals surface area contributed by atoms with Crippen molar-refractivity contribution in [3.63, 3.8) is 0 Å². The number of hydrogen-bond donors (Lipinski definition) is 3. The topological polar surface area (TPSA) is 128 Å². The van der Waals surface area contributed by atoms with Gasteiger partial charge < -0.3 is 16.6 Å². The molecule has 0 spiro atoms. The lowest BCUT2D eigenvalue weighted by atomic mass is 10.8. The smallest absolute Gasteiger partial charge is 0.336 e. The van der Waals surface area contributed by atoms with E-state index in [1.165, 1.54) is 14.0 Å². The van der Waals surface area contributed by atoms with Gasteiger partial charge in [0.05, 0.1) is 7.11 Å². The number of esters is 1. The van der Waals surface area contributed by atoms with E-state index in [4.69, 9.17) is 11.8 Å². The van der Waals surface area contributed by atoms with Crippen LogP contribution in [0.4, 0.5) is 0 Å². The minimum absolute atomic E-state index is 0.0833. The number of methoxy groups -OCH3 is 1. The Morgan fingerprint density at radius 2 is 1.64 bits per heavy atom. The molecule has 64 valence electrons. The van der Waals surface area contributed by atoms with E-state index in [0.29, 0.717) is 0 Å². The van der Waals surface area contributed by atoms with Crippen LogP contribution in [0.15, 0.2) is 0 Å². The third-order valence-electron chi connectivity index (χ3n) is 0.287. The van der Waals surface area contributed by atoms with E-state index < -0.39 is 0 Å². The van der Waals surface area contributed by atoms with Crippen LogP contribution in [0.1, 0.15) is 6.92 Å². The van der Waals surface area contributed by atoms with Gasteiger partial charge in [0, 0.05) is 6.92 Å². The maximum Gasteiger partial charge on any atom is 0.336 e. The first kappa shape index (κ1) is 16.1. The molecule has 6 nitrogen and oxygen atoms in total. The first-order valence-electron chi connectivity index (χ1n) is 2.41. The van der Waals surface area contributed by atoms with E-state index in [9.17, 15) is 4.79 Å². The molecule has 6 heteroatoms. The second-order valence-electron chi connectivity index (χ2n) is 1.20. The summed E-state index contributed by atoms with van der Waals surface area (Å²) in [5, 5.41) is 10.8. The molecule has 0 aliphatic heterocycles. The van der Waals surface area contributed by atoms with Crippen LogP contribution in [0.5, 0.6) is 0 Å². The average Bonchev–Trinajstić information content (AvgIpc) is 1.91. The molecule has 0 amide bonds. The molecule has 0 aromatic heterocycles. The van der Waals surface area contributed by atoms with Crippen molar-refractivity contribution in [1.29, 1.82) is 5.26 Å². The summed E-state index contributed by atoms with van der Waals surface area (Å²) in [4.78, 5) is 9.59. The van der Waals surface area contributed by atoms with Crippen LogP contribution in [-0.4, -0.2) is 19.0 Å². The zero-order valence-corrected chi connectivity index (χ0v) is 6.50. The van der Waals surface area contributed by atoms with E-state index in [-0.39, 0.29) is 11.9 Å². The molecular weight excluding hydrogens is 148 g/mol. The number of carbonyl (C=O) groups excluding carboxylic acids is 1. The van der Waals surface area contributed by atoms with Gasteiger partial charge in [0.15, 0.2) is 0 Å². The molecule has 0 saturated heterocycles. The van der Waals surface area contributed by atoms with Crippen LogP contribution < -0.4 is 16.9 Å². The Balaban J connectivity index is -0.0000000965. The van der Waals surface area contributed by atoms with Gasteiger partial charge in [-0.25, -0.2) is 0 Å². The lowest BCUT2D eigenvalue weighted by Crippen LogP contribution is -2.51. The Morgan fingerprint density at radius 1 is 1.55 bits per heavy atom. The number of rotatable bonds is 0. The molecule has 0 bridgehead atoms. The summed E-state index contributed by atoms with van der Waals surface area (Å²) in [5.41, 5.74) is 9.17. The zero-order chi connectivity index (χ0) is 9.86. The fourth-order valence-electron chi connectivity index (χ4n) is 0. The van der Waals surface area contributed by atoms with Crippen LogP contribution in [0.25, 0.3) is 0 Å². The molecule has 0 unspecified atom stereocenters. The molecule has 0 rings (SSSR count). The number of ether oxygens (including phenoxy) is 1. The summed E-state index contributed by atoms with van der Waals surface area (Å²) < 4.78 is 4.11. The third kappa shape index (κ3) is 6040. The Labute approximate surface area is 65.2 Å². The molecule has 0 aromatic carbocycles. The van der Waals surface area contributed by atoms with Gasteiger partial charge in [0.25, 0.3) is 0 Å². The highest BCUT2D eigenvalue weighted by Crippen LogP contribution is 1.60. The van der Waals surface area contributed by atoms with Crippen molar-refractivity contribution in [2.75, 3.05) is 7.11 Å². The maximum atomic E-state index is 9.59. The van der Waals surface area contributed by atoms with Gasteiger partial charge in [-0.15, -0.1) is 0 Å². The van der Waals surface area contributed by atoms with Gasteiger partial charge in [0.2, 0.25) is 0 Å². The molecule has 0 fully saturated rings. The minimum atomic E-state index is -0.245. The predicted molar refractivity (Wildman–Crippen MR) is 38.0 cm³/mol. The van der Waals surface area contributed by atoms with Crippen LogP contribution in [0.3, 0.4) is 0 Å². The average molecular weight is 160 g/mol. The summed E-state index contributed by atoms with van der Waals surface area (Å²) in [6, 6.07) is 0. The highest BCUT2D eigenvalue weighted by molar-refractivity contribution is 5.68. The predicted octanol–water partition coefficient (Wildman–Crippen LogP) is -2.71. The summed E-state index contributed by atoms with van der Waals surface area (Å²) >= 11 is 0. The second kappa shape index (κ2) is 15.7. The molecule has 0 saturated carbocycles. The monoisotopic (exact) mass is 160 g/mol. The normalized spacial score (nSPS) is 5.45. The molecule has 0 atom stereocenters. The minimum Gasteiger partial charge on any atom is -0.512 e. The van der Waals surface area contributed by atoms with Gasteiger partial charge >= 0.3 is 11.9 Å². The van der Waals surface area contributed by atoms with Crippen LogP contribution in [0.2, 0.25) is 0 Å². The molecule has 0 aromatic rings. The number of nitrogens with zero attached hydrogens (tertiary/aromatic N) is 1. The first-order valence-corrected chi connectivity index (χ1v) is 2.41. The van der Waals surface area contributed by atoms with Crippen molar-refractivity contribution in [2.24, 2.45) is 11.5 Å². The molecule has 0 aliphatic carbocycles. The largest absolute Gasteiger partial charge is 0.512 e. The molecular formula is C5H12N4O2. The summed E-state index contributed by atoms with van der Waals surface area (Å²) in [6.07, 6.45) is 0. The van der Waals surface area contributed by atoms with E-state index in [1.807, 2.05) is 0 Å². The van der Waals surface area contributed by atoms with Gasteiger partial charge in [-0.1, -0.05) is 0 Å². The van der Waals surface area contributed by atoms with E-state index in [1.54, 1.807) is 0 Å². The quantitative estimate of drug-likeness (QED) is 0.154. The van der Waals surface area contributed by atoms with Crippen LogP contribution in [-0.2, 0) is 9.53 Å². The fourth-order valence-corrected chi connectivity index (χ4v) is 0. The lowest BCUT2D eigenvalue weighted by Gasteiger charge is -1.80. The SMILES string of the molecule is COC(C)=O.NC(N)=[NH2+].[C-]#N. The molecule has 0 heterocycles. The van der Waals surface area contributed by atoms with Crippen LogP contribution >= 0.6 is 0 Å². The van der Waals surface area contributed by atoms with Crippen molar-refractivity contribution in [3.05, 3.63) is 6.57 Å². The summed E-state index contributed by atoms with van der Waals surface area (Å²) in [6.45, 7) is 6.11. The molecule has 0 radical (unpaired) electrons. The molecule has 0 aliphatic rings. The summed E-state index contributed by atoms with van der Waals surface area (Å²) in [7, 11) is 1.35. The Morgan fingerprint density at radius 3 is 1.64 bits per heavy atom. The Bertz CT molecular complexity index is 128. The van der Waals surface area contributed by atoms with Crippen molar-refractivity contribution < 1.29 is 14.9 Å². The highest BCUT2D eigenvalue weighted by atomic mass is 16.5. The number of nitrogens with two attached hydrogens (primary N) is 3. The highest BCUT2D eigenvalue weighted by Gasteiger charge is 1.75. The van der Waals surface area contributed by atoms with Gasteiger partial charge in [-0.05, 0) is 0 Å². The van der Waals surface area contributed by atoms with E-state index >= 15 is 0 Å². The number of hydrogen-bond acceptors (Lipinski definition) is 3. The van der Waals surface area contributed by atoms with Gasteiger partial charge in [0.1, 0.15) is 0 Å². The molecule has 11 heavy (non-hydrogen) atoms. The van der Waals surface area contributed by atoms with Crippen LogP contribution in [0, 0.1) is 11.8 Å². The third-order valence-corrected chi connectivity index (χ3v) is 0.287. The van der Waals surface area contributed by atoms with E-state index in [2.05, 4.69) is 21.6 Å². The lowest BCUT2D eigenvalue weighted by molar-refractivity contribution is -0.137. The number of guanidine groups is 1. The van der Waals surface area contributed by atoms with Crippen molar-refractivity contribution >= 4 is 11.9 Å². The number of carbonyl (C=O) groups is 1. The van der Waals surface area contributed by atoms with Crippen molar-refractivity contribution in [1.82, 2.24) is 0 Å². The second-order valence-corrected chi connectivity index (χ2v) is 1.20. The van der Waals surface area contributed by atoms with Crippen molar-refractivity contribution in [2.45, 2.75) is 6.92 Å².